The highest BCUT2D eigenvalue weighted by Crippen LogP contribution is 1.85. The molecule has 0 heterocycles. The first kappa shape index (κ1) is 80.7. The maximum absolute atomic E-state index is 10.1. The van der Waals surface area contributed by atoms with E-state index in [1.54, 1.807) is 34.6 Å². The van der Waals surface area contributed by atoms with E-state index in [1.165, 1.54) is 111 Å². The molecule has 0 aliphatic rings. The number of hydrogen-bond donors (Lipinski definition) is 1. The van der Waals surface area contributed by atoms with Gasteiger partial charge in [-0.1, -0.05) is 0 Å². The Morgan fingerprint density at radius 1 is 0.316 bits per heavy atom. The Morgan fingerprint density at radius 2 is 0.439 bits per heavy atom. The highest BCUT2D eigenvalue weighted by Gasteiger charge is 1.88. The molecule has 1 N–H and O–H groups in total. The van der Waals surface area contributed by atoms with E-state index in [2.05, 4.69) is 23.7 Å². The second-order valence-electron chi connectivity index (χ2n) is 10.7. The minimum Gasteiger partial charge on any atom is -0.466 e. The van der Waals surface area contributed by atoms with Crippen molar-refractivity contribution < 1.29 is 81.5 Å². The van der Waals surface area contributed by atoms with E-state index >= 15 is 0 Å². The molecule has 0 aromatic rings. The lowest BCUT2D eigenvalue weighted by Crippen LogP contribution is -1.95. The number of ketones is 6. The monoisotopic (exact) mass is 833 g/mol. The molecule has 17 nitrogen and oxygen atoms in total. The van der Waals surface area contributed by atoms with Crippen LogP contribution in [-0.2, 0) is 76.4 Å². The van der Waals surface area contributed by atoms with Crippen molar-refractivity contribution in [2.24, 2.45) is 0 Å². The number of carbonyl (C=O) groups is 11. The van der Waals surface area contributed by atoms with Gasteiger partial charge in [-0.05, 0) is 117 Å². The van der Waals surface area contributed by atoms with E-state index in [0.717, 1.165) is 0 Å². The molecule has 0 radical (unpaired) electrons. The average Bonchev–Trinajstić information content (AvgIpc) is 2.96. The molecule has 342 valence electrons. The number of ether oxygens (including phenoxy) is 5. The van der Waals surface area contributed by atoms with E-state index in [-0.39, 0.29) is 71.2 Å². The first-order valence-corrected chi connectivity index (χ1v) is 17.9. The molecule has 0 amide bonds. The van der Waals surface area contributed by atoms with Gasteiger partial charge in [-0.15, -0.1) is 0 Å². The minimum absolute atomic E-state index is 0.125. The summed E-state index contributed by atoms with van der Waals surface area (Å²) in [6, 6.07) is 0. The molecule has 0 aromatic heterocycles. The number of aliphatic hydroxyl groups is 1. The maximum Gasteiger partial charge on any atom is 0.302 e. The van der Waals surface area contributed by atoms with Crippen molar-refractivity contribution >= 4 is 64.5 Å². The second-order valence-corrected chi connectivity index (χ2v) is 10.7. The molecule has 0 aliphatic carbocycles. The first-order chi connectivity index (χ1) is 25.8. The summed E-state index contributed by atoms with van der Waals surface area (Å²) >= 11 is 0. The van der Waals surface area contributed by atoms with Crippen LogP contribution in [0.3, 0.4) is 0 Å². The Balaban J connectivity index is -0.0000000457. The predicted molar refractivity (Wildman–Crippen MR) is 220 cm³/mol. The van der Waals surface area contributed by atoms with Crippen molar-refractivity contribution in [2.75, 3.05) is 39.6 Å². The number of Topliss-reactive ketones (excluding diaryl/α,β-unsaturated/α-hetero) is 6. The molecule has 0 aromatic carbocycles. The predicted octanol–water partition coefficient (Wildman–Crippen LogP) is 6.17. The summed E-state index contributed by atoms with van der Waals surface area (Å²) in [6.45, 7) is 35.2. The molecule has 0 aliphatic heterocycles. The highest BCUT2D eigenvalue weighted by molar-refractivity contribution is 5.75. The van der Waals surface area contributed by atoms with Crippen molar-refractivity contribution in [1.82, 2.24) is 0 Å². The van der Waals surface area contributed by atoms with E-state index in [0.29, 0.717) is 45.9 Å². The molecule has 0 fully saturated rings. The van der Waals surface area contributed by atoms with E-state index in [4.69, 9.17) is 5.11 Å². The molecular formula is C40H80O17. The normalized spacial score (nSPS) is 7.40. The summed E-state index contributed by atoms with van der Waals surface area (Å²) in [5, 5.41) is 8.16. The third-order valence-corrected chi connectivity index (χ3v) is 2.42. The van der Waals surface area contributed by atoms with E-state index < -0.39 is 0 Å². The number of aliphatic hydroxyl groups excluding tert-OH is 1. The van der Waals surface area contributed by atoms with Gasteiger partial charge in [0.1, 0.15) is 34.7 Å². The lowest BCUT2D eigenvalue weighted by molar-refractivity contribution is -0.141. The van der Waals surface area contributed by atoms with Crippen LogP contribution in [0.2, 0.25) is 0 Å². The van der Waals surface area contributed by atoms with Gasteiger partial charge in [-0.2, -0.15) is 0 Å². The lowest BCUT2D eigenvalue weighted by Gasteiger charge is -1.89. The number of hydrogen-bond acceptors (Lipinski definition) is 17. The molecule has 57 heavy (non-hydrogen) atoms. The third-order valence-electron chi connectivity index (χ3n) is 2.42. The summed E-state index contributed by atoms with van der Waals surface area (Å²) in [5.74, 6) is -0.0726. The molecule has 0 unspecified atom stereocenters. The van der Waals surface area contributed by atoms with Crippen LogP contribution in [0.4, 0.5) is 0 Å². The SMILES string of the molecule is CC(=O)CCCO.CC(C)=O.CC(C)=O.CC(C)=O.CC(C)=O.CC(C)=O.CCOC(C)=O.CCOC(C)=O.CCOC(C)=O.CCOC(C)=O.CCOC(C)=O. The van der Waals surface area contributed by atoms with Gasteiger partial charge in [0.05, 0.1) is 33.0 Å². The molecule has 0 saturated carbocycles. The Morgan fingerprint density at radius 3 is 0.456 bits per heavy atom. The van der Waals surface area contributed by atoms with Gasteiger partial charge in [-0.25, -0.2) is 0 Å². The van der Waals surface area contributed by atoms with E-state index in [1.807, 2.05) is 0 Å². The summed E-state index contributed by atoms with van der Waals surface area (Å²) in [7, 11) is 0. The Labute approximate surface area is 343 Å². The van der Waals surface area contributed by atoms with Crippen LogP contribution in [0.25, 0.3) is 0 Å². The maximum atomic E-state index is 10.1. The largest absolute Gasteiger partial charge is 0.466 e. The zero-order chi connectivity index (χ0) is 48.5. The molecule has 0 rings (SSSR count). The highest BCUT2D eigenvalue weighted by atomic mass is 16.5. The summed E-state index contributed by atoms with van der Waals surface area (Å²) in [5.41, 5.74) is 0. The Bertz CT molecular complexity index is 820. The zero-order valence-corrected chi connectivity index (χ0v) is 39.1. The molecule has 0 bridgehead atoms. The van der Waals surface area contributed by atoms with Crippen LogP contribution in [0.15, 0.2) is 0 Å². The fraction of sp³-hybridized carbons (Fsp3) is 0.725. The Hall–Kier alpha value is -4.67. The fourth-order valence-electron chi connectivity index (χ4n) is 1.34. The molecule has 0 saturated heterocycles. The summed E-state index contributed by atoms with van der Waals surface area (Å²) in [6.07, 6.45) is 1.12. The topological polar surface area (TPSA) is 254 Å². The van der Waals surface area contributed by atoms with Crippen LogP contribution in [0.1, 0.15) is 158 Å². The van der Waals surface area contributed by atoms with Gasteiger partial charge >= 0.3 is 29.8 Å². The van der Waals surface area contributed by atoms with Gasteiger partial charge in [-0.3, -0.25) is 24.0 Å². The Kier molecular flexibility index (Phi) is 108. The molecule has 0 atom stereocenters. The van der Waals surface area contributed by atoms with Crippen LogP contribution >= 0.6 is 0 Å². The zero-order valence-electron chi connectivity index (χ0n) is 39.1. The van der Waals surface area contributed by atoms with Crippen molar-refractivity contribution in [3.8, 4) is 0 Å². The smallest absolute Gasteiger partial charge is 0.302 e. The molecule has 0 spiro atoms. The van der Waals surface area contributed by atoms with E-state index in [9.17, 15) is 52.7 Å². The van der Waals surface area contributed by atoms with Gasteiger partial charge in [0, 0.05) is 47.6 Å². The summed E-state index contributed by atoms with van der Waals surface area (Å²) in [4.78, 5) is 106. The summed E-state index contributed by atoms with van der Waals surface area (Å²) < 4.78 is 22.0. The minimum atomic E-state index is -0.211. The van der Waals surface area contributed by atoms with Crippen molar-refractivity contribution in [3.05, 3.63) is 0 Å². The lowest BCUT2D eigenvalue weighted by atomic mass is 10.2. The standard InChI is InChI=1S/C5H10O2.5C4H8O2.5C3H6O/c1-5(7)3-2-4-6;5*1-3-6-4(2)5;5*1-3(2)4/h6H,2-4H2,1H3;5*3H2,1-2H3;5*1-2H3. The van der Waals surface area contributed by atoms with Crippen LogP contribution in [-0.4, -0.2) is 109 Å². The molecular weight excluding hydrogens is 752 g/mol. The van der Waals surface area contributed by atoms with Crippen LogP contribution in [0, 0.1) is 0 Å². The number of esters is 5. The first-order valence-electron chi connectivity index (χ1n) is 17.9. The molecule has 17 heteroatoms. The third kappa shape index (κ3) is 608. The fourth-order valence-corrected chi connectivity index (χ4v) is 1.34. The van der Waals surface area contributed by atoms with Crippen molar-refractivity contribution in [2.45, 2.75) is 158 Å². The van der Waals surface area contributed by atoms with Gasteiger partial charge in [0.15, 0.2) is 0 Å². The van der Waals surface area contributed by atoms with Gasteiger partial charge in [0.2, 0.25) is 0 Å². The average molecular weight is 833 g/mol. The van der Waals surface area contributed by atoms with Gasteiger partial charge in [0.25, 0.3) is 0 Å². The van der Waals surface area contributed by atoms with Crippen molar-refractivity contribution in [3.63, 3.8) is 0 Å². The quantitative estimate of drug-likeness (QED) is 0.212. The number of rotatable bonds is 8. The second kappa shape index (κ2) is 76.1. The van der Waals surface area contributed by atoms with Crippen LogP contribution < -0.4 is 0 Å². The van der Waals surface area contributed by atoms with Crippen molar-refractivity contribution in [1.29, 1.82) is 0 Å². The number of carbonyl (C=O) groups excluding carboxylic acids is 11. The van der Waals surface area contributed by atoms with Crippen LogP contribution in [0.5, 0.6) is 0 Å². The van der Waals surface area contributed by atoms with Gasteiger partial charge < -0.3 is 57.6 Å².